The topological polar surface area (TPSA) is 159 Å². The number of phenols is 1. The van der Waals surface area contributed by atoms with Crippen LogP contribution < -0.4 is 14.9 Å². The zero-order chi connectivity index (χ0) is 23.0. The van der Waals surface area contributed by atoms with Gasteiger partial charge in [-0.15, -0.1) is 0 Å². The van der Waals surface area contributed by atoms with E-state index in [0.717, 1.165) is 0 Å². The fourth-order valence-corrected chi connectivity index (χ4v) is 3.53. The van der Waals surface area contributed by atoms with Crippen LogP contribution in [0.4, 0.5) is 0 Å². The minimum Gasteiger partial charge on any atom is -0.504 e. The molecule has 1 aliphatic heterocycles. The molecule has 0 unspecified atom stereocenters. The lowest BCUT2D eigenvalue weighted by Crippen LogP contribution is -2.60. The summed E-state index contributed by atoms with van der Waals surface area (Å²) >= 11 is 0. The zero-order valence-electron chi connectivity index (χ0n) is 16.9. The Balaban J connectivity index is 1.63. The van der Waals surface area contributed by atoms with Crippen molar-refractivity contribution < 1.29 is 44.2 Å². The predicted molar refractivity (Wildman–Crippen MR) is 111 cm³/mol. The molecule has 0 amide bonds. The van der Waals surface area contributed by atoms with Gasteiger partial charge >= 0.3 is 0 Å². The summed E-state index contributed by atoms with van der Waals surface area (Å²) in [6.45, 7) is -0.581. The Kier molecular flexibility index (Phi) is 6.04. The molecular weight excluding hydrogens is 424 g/mol. The largest absolute Gasteiger partial charge is 0.504 e. The summed E-state index contributed by atoms with van der Waals surface area (Å²) in [5.74, 6) is 0.325. The Morgan fingerprint density at radius 3 is 2.53 bits per heavy atom. The summed E-state index contributed by atoms with van der Waals surface area (Å²) in [6.07, 6.45) is -5.84. The number of aliphatic hydroxyl groups excluding tert-OH is 4. The van der Waals surface area contributed by atoms with Gasteiger partial charge in [-0.05, 0) is 29.8 Å². The number of methoxy groups -OCH3 is 1. The van der Waals surface area contributed by atoms with Crippen molar-refractivity contribution in [2.75, 3.05) is 13.7 Å². The summed E-state index contributed by atoms with van der Waals surface area (Å²) in [7, 11) is 1.40. The van der Waals surface area contributed by atoms with E-state index >= 15 is 0 Å². The molecule has 1 fully saturated rings. The van der Waals surface area contributed by atoms with Crippen molar-refractivity contribution in [3.05, 3.63) is 52.9 Å². The molecule has 5 atom stereocenters. The smallest absolute Gasteiger partial charge is 0.229 e. The standard InChI is InChI=1S/C22H22O10/c1-29-16-6-10(2-5-14(16)24)13-9-30-15-7-11(3-4-12(15)18(13)25)31-22-21(28)20(27)19(26)17(8-23)32-22/h2-7,9,17,19-24,26-28H,8H2,1H3/t17-,19-,20+,21-,22+/m0/s1. The van der Waals surface area contributed by atoms with E-state index in [4.69, 9.17) is 18.6 Å². The molecule has 1 aliphatic rings. The van der Waals surface area contributed by atoms with Crippen molar-refractivity contribution in [3.63, 3.8) is 0 Å². The van der Waals surface area contributed by atoms with Gasteiger partial charge in [0.15, 0.2) is 16.9 Å². The molecule has 0 radical (unpaired) electrons. The average Bonchev–Trinajstić information content (AvgIpc) is 2.80. The van der Waals surface area contributed by atoms with E-state index in [2.05, 4.69) is 0 Å². The normalized spacial score (nSPS) is 25.6. The van der Waals surface area contributed by atoms with Gasteiger partial charge in [-0.3, -0.25) is 4.79 Å². The van der Waals surface area contributed by atoms with Crippen molar-refractivity contribution in [1.29, 1.82) is 0 Å². The maximum atomic E-state index is 13.0. The van der Waals surface area contributed by atoms with Gasteiger partial charge in [-0.25, -0.2) is 0 Å². The third-order valence-corrected chi connectivity index (χ3v) is 5.34. The van der Waals surface area contributed by atoms with Gasteiger partial charge in [0, 0.05) is 6.07 Å². The second-order valence-corrected chi connectivity index (χ2v) is 7.34. The number of aliphatic hydroxyl groups is 4. The lowest BCUT2D eigenvalue weighted by Gasteiger charge is -2.39. The number of hydrogen-bond acceptors (Lipinski definition) is 10. The molecule has 1 saturated heterocycles. The molecule has 32 heavy (non-hydrogen) atoms. The van der Waals surface area contributed by atoms with E-state index in [1.54, 1.807) is 6.07 Å². The van der Waals surface area contributed by atoms with Gasteiger partial charge in [0.05, 0.1) is 24.7 Å². The fourth-order valence-electron chi connectivity index (χ4n) is 3.53. The third kappa shape index (κ3) is 3.90. The molecule has 5 N–H and O–H groups in total. The second kappa shape index (κ2) is 8.77. The van der Waals surface area contributed by atoms with Crippen LogP contribution in [-0.4, -0.2) is 70.0 Å². The molecule has 1 aromatic heterocycles. The van der Waals surface area contributed by atoms with Gasteiger partial charge in [-0.2, -0.15) is 0 Å². The lowest BCUT2D eigenvalue weighted by atomic mass is 9.99. The molecular formula is C22H22O10. The van der Waals surface area contributed by atoms with Crippen LogP contribution in [0.5, 0.6) is 17.2 Å². The third-order valence-electron chi connectivity index (χ3n) is 5.34. The van der Waals surface area contributed by atoms with Crippen molar-refractivity contribution in [3.8, 4) is 28.4 Å². The van der Waals surface area contributed by atoms with Gasteiger partial charge in [-0.1, -0.05) is 6.07 Å². The van der Waals surface area contributed by atoms with Gasteiger partial charge in [0.2, 0.25) is 6.29 Å². The molecule has 3 aromatic rings. The highest BCUT2D eigenvalue weighted by molar-refractivity contribution is 5.83. The first-order valence-corrected chi connectivity index (χ1v) is 9.74. The van der Waals surface area contributed by atoms with Crippen LogP contribution in [0.25, 0.3) is 22.1 Å². The summed E-state index contributed by atoms with van der Waals surface area (Å²) in [5, 5.41) is 49.2. The van der Waals surface area contributed by atoms with Crippen LogP contribution in [-0.2, 0) is 4.74 Å². The zero-order valence-corrected chi connectivity index (χ0v) is 16.9. The molecule has 0 bridgehead atoms. The molecule has 10 heteroatoms. The highest BCUT2D eigenvalue weighted by atomic mass is 16.7. The van der Waals surface area contributed by atoms with Crippen LogP contribution in [0.15, 0.2) is 51.9 Å². The molecule has 2 aromatic carbocycles. The predicted octanol–water partition coefficient (Wildman–Crippen LogP) is 0.353. The SMILES string of the molecule is COc1cc(-c2coc3cc(O[C@@H]4O[C@@H](CO)[C@H](O)[C@@H](O)[C@@H]4O)ccc3c2=O)ccc1O. The average molecular weight is 446 g/mol. The number of hydrogen-bond donors (Lipinski definition) is 5. The van der Waals surface area contributed by atoms with E-state index < -0.39 is 37.3 Å². The Labute approximate surface area is 181 Å². The Morgan fingerprint density at radius 1 is 1.03 bits per heavy atom. The number of benzene rings is 2. The van der Waals surface area contributed by atoms with E-state index in [1.165, 1.54) is 43.7 Å². The Bertz CT molecular complexity index is 1170. The maximum Gasteiger partial charge on any atom is 0.229 e. The number of phenolic OH excluding ortho intramolecular Hbond substituents is 1. The summed E-state index contributed by atoms with van der Waals surface area (Å²) in [4.78, 5) is 13.0. The minimum absolute atomic E-state index is 0.0589. The van der Waals surface area contributed by atoms with Gasteiger partial charge in [0.25, 0.3) is 0 Å². The molecule has 0 spiro atoms. The molecule has 0 aliphatic carbocycles. The number of fused-ring (bicyclic) bond motifs is 1. The highest BCUT2D eigenvalue weighted by Gasteiger charge is 2.44. The van der Waals surface area contributed by atoms with Crippen LogP contribution in [0.2, 0.25) is 0 Å². The first-order valence-electron chi connectivity index (χ1n) is 9.74. The molecule has 10 nitrogen and oxygen atoms in total. The minimum atomic E-state index is -1.57. The number of ether oxygens (including phenoxy) is 3. The van der Waals surface area contributed by atoms with Crippen molar-refractivity contribution in [2.45, 2.75) is 30.7 Å². The number of aromatic hydroxyl groups is 1. The Morgan fingerprint density at radius 2 is 1.81 bits per heavy atom. The number of rotatable bonds is 5. The monoisotopic (exact) mass is 446 g/mol. The molecule has 2 heterocycles. The fraction of sp³-hybridized carbons (Fsp3) is 0.318. The quantitative estimate of drug-likeness (QED) is 0.370. The van der Waals surface area contributed by atoms with Crippen LogP contribution in [0, 0.1) is 0 Å². The highest BCUT2D eigenvalue weighted by Crippen LogP contribution is 2.32. The Hall–Kier alpha value is -3.15. The second-order valence-electron chi connectivity index (χ2n) is 7.34. The van der Waals surface area contributed by atoms with Crippen molar-refractivity contribution in [2.24, 2.45) is 0 Å². The summed E-state index contributed by atoms with van der Waals surface area (Å²) in [6, 6.07) is 8.84. The molecule has 170 valence electrons. The summed E-state index contributed by atoms with van der Waals surface area (Å²) in [5.41, 5.74) is 0.639. The van der Waals surface area contributed by atoms with E-state index in [1.807, 2.05) is 0 Å². The lowest BCUT2D eigenvalue weighted by molar-refractivity contribution is -0.277. The van der Waals surface area contributed by atoms with Crippen LogP contribution in [0.1, 0.15) is 0 Å². The van der Waals surface area contributed by atoms with Crippen molar-refractivity contribution >= 4 is 11.0 Å². The van der Waals surface area contributed by atoms with E-state index in [0.29, 0.717) is 5.56 Å². The van der Waals surface area contributed by atoms with Gasteiger partial charge in [0.1, 0.15) is 42.0 Å². The summed E-state index contributed by atoms with van der Waals surface area (Å²) < 4.78 is 21.6. The van der Waals surface area contributed by atoms with Crippen LogP contribution in [0.3, 0.4) is 0 Å². The van der Waals surface area contributed by atoms with Crippen LogP contribution >= 0.6 is 0 Å². The first kappa shape index (κ1) is 22.1. The molecule has 0 saturated carbocycles. The van der Waals surface area contributed by atoms with Gasteiger partial charge < -0.3 is 44.2 Å². The molecule has 4 rings (SSSR count). The maximum absolute atomic E-state index is 13.0. The van der Waals surface area contributed by atoms with Crippen molar-refractivity contribution in [1.82, 2.24) is 0 Å². The van der Waals surface area contributed by atoms with E-state index in [-0.39, 0.29) is 39.2 Å². The first-order chi connectivity index (χ1) is 15.3. The van der Waals surface area contributed by atoms with E-state index in [9.17, 15) is 30.3 Å².